The van der Waals surface area contributed by atoms with Crippen LogP contribution in [0.4, 0.5) is 0 Å². The topological polar surface area (TPSA) is 56.5 Å². The Balaban J connectivity index is 1.66. The number of pyridine rings is 1. The number of hydrogen-bond donors (Lipinski definition) is 1. The first-order chi connectivity index (χ1) is 14.7. The fourth-order valence-electron chi connectivity index (χ4n) is 3.40. The summed E-state index contributed by atoms with van der Waals surface area (Å²) < 4.78 is 13.0. The molecule has 5 nitrogen and oxygen atoms in total. The van der Waals surface area contributed by atoms with Crippen LogP contribution in [-0.4, -0.2) is 28.1 Å². The molecule has 0 unspecified atom stereocenters. The summed E-state index contributed by atoms with van der Waals surface area (Å²) in [5, 5.41) is 10.1. The summed E-state index contributed by atoms with van der Waals surface area (Å²) in [6.45, 7) is 0.744. The maximum atomic E-state index is 9.47. The number of thioether (sulfide) groups is 1. The van der Waals surface area contributed by atoms with Gasteiger partial charge in [-0.25, -0.2) is 4.98 Å². The summed E-state index contributed by atoms with van der Waals surface area (Å²) in [5.74, 6) is 2.27. The first-order valence-corrected chi connectivity index (χ1v) is 10.6. The number of ether oxygens (including phenoxy) is 2. The maximum absolute atomic E-state index is 9.47. The van der Waals surface area contributed by atoms with Gasteiger partial charge in [-0.1, -0.05) is 23.4 Å². The quantitative estimate of drug-likeness (QED) is 0.557. The Morgan fingerprint density at radius 3 is 2.97 bits per heavy atom. The molecule has 7 heteroatoms. The summed E-state index contributed by atoms with van der Waals surface area (Å²) >= 11 is 7.71. The monoisotopic (exact) mass is 436 g/mol. The van der Waals surface area contributed by atoms with E-state index in [1.807, 2.05) is 53.3 Å². The number of aliphatic hydroxyl groups excluding tert-OH is 1. The molecule has 4 aliphatic rings. The molecular formula is C23H17ClN2O3S. The molecule has 5 rings (SSSR count). The van der Waals surface area contributed by atoms with Crippen molar-refractivity contribution in [3.05, 3.63) is 76.5 Å². The van der Waals surface area contributed by atoms with Gasteiger partial charge in [0.1, 0.15) is 5.82 Å². The van der Waals surface area contributed by atoms with Crippen LogP contribution < -0.4 is 9.47 Å². The zero-order valence-corrected chi connectivity index (χ0v) is 17.4. The molecule has 0 bridgehead atoms. The summed E-state index contributed by atoms with van der Waals surface area (Å²) in [6, 6.07) is 9.88. The van der Waals surface area contributed by atoms with Crippen molar-refractivity contribution < 1.29 is 14.6 Å². The van der Waals surface area contributed by atoms with E-state index in [9.17, 15) is 5.11 Å². The molecule has 1 N–H and O–H groups in total. The van der Waals surface area contributed by atoms with Gasteiger partial charge in [-0.3, -0.25) is 0 Å². The second-order valence-electron chi connectivity index (χ2n) is 6.70. The molecule has 0 spiro atoms. The van der Waals surface area contributed by atoms with E-state index in [1.165, 1.54) is 0 Å². The molecule has 1 aliphatic carbocycles. The van der Waals surface area contributed by atoms with Gasteiger partial charge in [0.15, 0.2) is 11.5 Å². The predicted molar refractivity (Wildman–Crippen MR) is 118 cm³/mol. The van der Waals surface area contributed by atoms with Crippen molar-refractivity contribution in [2.45, 2.75) is 11.4 Å². The highest BCUT2D eigenvalue weighted by molar-refractivity contribution is 8.03. The highest BCUT2D eigenvalue weighted by Crippen LogP contribution is 2.46. The minimum absolute atomic E-state index is 0.0421. The third-order valence-electron chi connectivity index (χ3n) is 4.78. The first kappa shape index (κ1) is 19.1. The molecule has 1 aromatic carbocycles. The van der Waals surface area contributed by atoms with Crippen LogP contribution in [-0.2, 0) is 6.54 Å². The van der Waals surface area contributed by atoms with Gasteiger partial charge in [0.25, 0.3) is 0 Å². The van der Waals surface area contributed by atoms with Crippen molar-refractivity contribution >= 4 is 23.4 Å². The number of nitrogens with zero attached hydrogens (tertiary/aromatic N) is 2. The molecule has 0 aromatic heterocycles. The summed E-state index contributed by atoms with van der Waals surface area (Å²) in [6.07, 6.45) is 9.39. The zero-order chi connectivity index (χ0) is 20.5. The van der Waals surface area contributed by atoms with Crippen LogP contribution in [0, 0.1) is 0 Å². The van der Waals surface area contributed by atoms with Crippen LogP contribution in [0.2, 0.25) is 0 Å². The van der Waals surface area contributed by atoms with Gasteiger partial charge in [-0.15, -0.1) is 5.73 Å². The molecule has 0 fully saturated rings. The molecule has 30 heavy (non-hydrogen) atoms. The van der Waals surface area contributed by atoms with Crippen LogP contribution in [0.15, 0.2) is 81.4 Å². The molecule has 0 radical (unpaired) electrons. The van der Waals surface area contributed by atoms with Gasteiger partial charge < -0.3 is 19.1 Å². The van der Waals surface area contributed by atoms with Crippen molar-refractivity contribution in [1.29, 1.82) is 0 Å². The molecule has 3 aliphatic heterocycles. The standard InChI is InChI=1S/C23H17ClN2O3S/c24-16-3-1-4-17(8-7-16)30-22-18-5-2-10-26(11-12-27)23(18)25-21(22)15-6-9-19-20(13-15)29-14-28-19/h2-10,13,27H,11-12,14H2. The van der Waals surface area contributed by atoms with Crippen molar-refractivity contribution in [1.82, 2.24) is 9.55 Å². The summed E-state index contributed by atoms with van der Waals surface area (Å²) in [7, 11) is 0. The molecule has 0 amide bonds. The average molecular weight is 437 g/mol. The SMILES string of the molecule is OCCn1cccc2c(SC3=CC=C(Cl)C=C=C3)c(-c3ccc4c(c3)OCO4)nc1-2. The number of aliphatic hydroxyl groups is 1. The lowest BCUT2D eigenvalue weighted by Gasteiger charge is -2.10. The number of rotatable bonds is 5. The summed E-state index contributed by atoms with van der Waals surface area (Å²) in [5.41, 5.74) is 5.90. The third-order valence-corrected chi connectivity index (χ3v) is 6.12. The van der Waals surface area contributed by atoms with E-state index in [-0.39, 0.29) is 13.4 Å². The van der Waals surface area contributed by atoms with E-state index >= 15 is 0 Å². The van der Waals surface area contributed by atoms with E-state index in [0.717, 1.165) is 38.2 Å². The zero-order valence-electron chi connectivity index (χ0n) is 15.8. The van der Waals surface area contributed by atoms with Crippen LogP contribution >= 0.6 is 23.4 Å². The molecule has 3 heterocycles. The largest absolute Gasteiger partial charge is 0.454 e. The first-order valence-electron chi connectivity index (χ1n) is 9.40. The lowest BCUT2D eigenvalue weighted by molar-refractivity contribution is 0.174. The predicted octanol–water partition coefficient (Wildman–Crippen LogP) is 5.20. The molecule has 0 atom stereocenters. The number of allylic oxidation sites excluding steroid dienone is 4. The number of fused-ring (bicyclic) bond motifs is 2. The Morgan fingerprint density at radius 1 is 1.17 bits per heavy atom. The van der Waals surface area contributed by atoms with E-state index in [1.54, 1.807) is 17.8 Å². The maximum Gasteiger partial charge on any atom is 0.231 e. The van der Waals surface area contributed by atoms with Gasteiger partial charge in [-0.05, 0) is 54.6 Å². The minimum atomic E-state index is 0.0421. The van der Waals surface area contributed by atoms with Gasteiger partial charge in [0.2, 0.25) is 6.79 Å². The van der Waals surface area contributed by atoms with E-state index in [4.69, 9.17) is 26.1 Å². The van der Waals surface area contributed by atoms with Crippen LogP contribution in [0.5, 0.6) is 11.5 Å². The van der Waals surface area contributed by atoms with Gasteiger partial charge in [0, 0.05) is 38.7 Å². The summed E-state index contributed by atoms with van der Waals surface area (Å²) in [4.78, 5) is 6.97. The molecule has 0 saturated heterocycles. The molecular weight excluding hydrogens is 420 g/mol. The molecule has 150 valence electrons. The Bertz CT molecular complexity index is 1220. The van der Waals surface area contributed by atoms with Crippen LogP contribution in [0.1, 0.15) is 0 Å². The number of aromatic nitrogens is 2. The van der Waals surface area contributed by atoms with Gasteiger partial charge in [0.05, 0.1) is 12.3 Å². The number of benzene rings is 1. The van der Waals surface area contributed by atoms with Crippen molar-refractivity contribution in [2.75, 3.05) is 13.4 Å². The minimum Gasteiger partial charge on any atom is -0.454 e. The Kier molecular flexibility index (Phi) is 5.15. The second kappa shape index (κ2) is 8.09. The van der Waals surface area contributed by atoms with E-state index in [0.29, 0.717) is 17.3 Å². The second-order valence-corrected chi connectivity index (χ2v) is 8.22. The van der Waals surface area contributed by atoms with E-state index in [2.05, 4.69) is 11.8 Å². The fraction of sp³-hybridized carbons (Fsp3) is 0.130. The van der Waals surface area contributed by atoms with Gasteiger partial charge >= 0.3 is 0 Å². The lowest BCUT2D eigenvalue weighted by atomic mass is 10.1. The van der Waals surface area contributed by atoms with Crippen LogP contribution in [0.3, 0.4) is 0 Å². The smallest absolute Gasteiger partial charge is 0.231 e. The van der Waals surface area contributed by atoms with E-state index < -0.39 is 0 Å². The van der Waals surface area contributed by atoms with Crippen molar-refractivity contribution in [2.24, 2.45) is 0 Å². The third kappa shape index (κ3) is 3.55. The molecule has 0 saturated carbocycles. The lowest BCUT2D eigenvalue weighted by Crippen LogP contribution is -2.06. The highest BCUT2D eigenvalue weighted by Gasteiger charge is 2.24. The Labute approximate surface area is 182 Å². The number of hydrogen-bond acceptors (Lipinski definition) is 5. The average Bonchev–Trinajstić information content (AvgIpc) is 3.31. The highest BCUT2D eigenvalue weighted by atomic mass is 35.5. The Morgan fingerprint density at radius 2 is 2.07 bits per heavy atom. The fourth-order valence-corrected chi connectivity index (χ4v) is 4.56. The van der Waals surface area contributed by atoms with Crippen LogP contribution in [0.25, 0.3) is 22.6 Å². The van der Waals surface area contributed by atoms with Crippen molar-refractivity contribution in [3.63, 3.8) is 0 Å². The molecule has 1 aromatic rings. The number of halogens is 1. The van der Waals surface area contributed by atoms with Crippen molar-refractivity contribution in [3.8, 4) is 34.1 Å². The van der Waals surface area contributed by atoms with Gasteiger partial charge in [-0.2, -0.15) is 0 Å². The normalized spacial score (nSPS) is 14.7. The Hall–Kier alpha value is -2.89.